The van der Waals surface area contributed by atoms with Crippen molar-refractivity contribution in [1.82, 2.24) is 0 Å². The van der Waals surface area contributed by atoms with Crippen LogP contribution in [0.4, 0.5) is 0 Å². The first kappa shape index (κ1) is 7.19. The van der Waals surface area contributed by atoms with E-state index in [4.69, 9.17) is 0 Å². The molecule has 0 radical (unpaired) electrons. The second kappa shape index (κ2) is 6.19. The molecule has 0 rings (SSSR count). The second-order valence-electron chi connectivity index (χ2n) is 1.20. The van der Waals surface area contributed by atoms with E-state index in [0.717, 1.165) is 6.42 Å². The summed E-state index contributed by atoms with van der Waals surface area (Å²) in [6, 6.07) is 0. The Kier molecular flexibility index (Phi) is 6.37. The third-order valence-electron chi connectivity index (χ3n) is 0.579. The molecule has 0 saturated carbocycles. The van der Waals surface area contributed by atoms with E-state index in [-0.39, 0.29) is 0 Å². The maximum atomic E-state index is 2.12. The molecule has 37 valence electrons. The van der Waals surface area contributed by atoms with Crippen molar-refractivity contribution in [2.24, 2.45) is 0 Å². The number of hydrogen-bond donors (Lipinski definition) is 0. The van der Waals surface area contributed by atoms with Gasteiger partial charge in [0.1, 0.15) is 0 Å². The SMILES string of the molecule is CCC=CC=[CH][Ti]. The number of hydrogen-bond acceptors (Lipinski definition) is 0. The molecule has 0 bridgehead atoms. The zero-order valence-corrected chi connectivity index (χ0v) is 6.08. The molecule has 0 amide bonds. The Bertz CT molecular complexity index is 72.2. The molecule has 0 heterocycles. The Morgan fingerprint density at radius 2 is 2.14 bits per heavy atom. The summed E-state index contributed by atoms with van der Waals surface area (Å²) in [7, 11) is 0. The van der Waals surface area contributed by atoms with Gasteiger partial charge in [-0.3, -0.25) is 0 Å². The summed E-state index contributed by atoms with van der Waals surface area (Å²) in [4.78, 5) is 0. The van der Waals surface area contributed by atoms with E-state index >= 15 is 0 Å². The van der Waals surface area contributed by atoms with Crippen molar-refractivity contribution in [3.63, 3.8) is 0 Å². The van der Waals surface area contributed by atoms with Crippen LogP contribution in [0.1, 0.15) is 13.3 Å². The fourth-order valence-corrected chi connectivity index (χ4v) is 0.444. The summed E-state index contributed by atoms with van der Waals surface area (Å²) in [6.07, 6.45) is 7.34. The summed E-state index contributed by atoms with van der Waals surface area (Å²) in [5.74, 6) is 0. The molecule has 0 spiro atoms. The molecule has 0 aromatic carbocycles. The molecule has 0 aromatic heterocycles. The zero-order chi connectivity index (χ0) is 5.54. The molecule has 0 fully saturated rings. The minimum absolute atomic E-state index is 1.13. The Morgan fingerprint density at radius 1 is 1.43 bits per heavy atom. The monoisotopic (exact) mass is 129 g/mol. The molecule has 0 aliphatic heterocycles. The molecule has 0 nitrogen and oxygen atoms in total. The fourth-order valence-electron chi connectivity index (χ4n) is 0.270. The van der Waals surface area contributed by atoms with E-state index in [1.54, 1.807) is 0 Å². The summed E-state index contributed by atoms with van der Waals surface area (Å²) in [6.45, 7) is 2.12. The third kappa shape index (κ3) is 6.19. The Labute approximate surface area is 56.7 Å². The average Bonchev–Trinajstić information content (AvgIpc) is 1.69. The van der Waals surface area contributed by atoms with Crippen LogP contribution < -0.4 is 0 Å². The molecule has 0 atom stereocenters. The quantitative estimate of drug-likeness (QED) is 0.395. The van der Waals surface area contributed by atoms with Crippen molar-refractivity contribution in [1.29, 1.82) is 0 Å². The van der Waals surface area contributed by atoms with Crippen molar-refractivity contribution in [2.45, 2.75) is 13.3 Å². The Morgan fingerprint density at radius 3 is 2.57 bits per heavy atom. The van der Waals surface area contributed by atoms with Gasteiger partial charge in [-0.15, -0.1) is 0 Å². The number of allylic oxidation sites excluding steroid dienone is 3. The summed E-state index contributed by atoms with van der Waals surface area (Å²) >= 11 is 2.01. The van der Waals surface area contributed by atoms with Crippen molar-refractivity contribution in [3.8, 4) is 0 Å². The first-order chi connectivity index (χ1) is 3.41. The molecule has 7 heavy (non-hydrogen) atoms. The minimum atomic E-state index is 1.13. The van der Waals surface area contributed by atoms with Crippen LogP contribution in [0.3, 0.4) is 0 Å². The van der Waals surface area contributed by atoms with Gasteiger partial charge in [0, 0.05) is 0 Å². The van der Waals surface area contributed by atoms with Crippen LogP contribution in [0.2, 0.25) is 0 Å². The van der Waals surface area contributed by atoms with Gasteiger partial charge in [-0.1, -0.05) is 0 Å². The summed E-state index contributed by atoms with van der Waals surface area (Å²) in [5.41, 5.74) is 0. The predicted octanol–water partition coefficient (Wildman–Crippen LogP) is 2.01. The van der Waals surface area contributed by atoms with E-state index in [9.17, 15) is 0 Å². The maximum absolute atomic E-state index is 2.12. The standard InChI is InChI=1S/C6H9.Ti/c1-3-5-6-4-2;/h1,3,5-6H,4H2,2H3;. The zero-order valence-electron chi connectivity index (χ0n) is 4.52. The molecule has 0 unspecified atom stereocenters. The van der Waals surface area contributed by atoms with Crippen molar-refractivity contribution < 1.29 is 20.4 Å². The van der Waals surface area contributed by atoms with Crippen LogP contribution in [0.25, 0.3) is 0 Å². The van der Waals surface area contributed by atoms with Crippen molar-refractivity contribution >= 4 is 0 Å². The van der Waals surface area contributed by atoms with E-state index in [2.05, 4.69) is 19.1 Å². The molecular formula is C6H9Ti. The van der Waals surface area contributed by atoms with Gasteiger partial charge in [0.05, 0.1) is 0 Å². The fraction of sp³-hybridized carbons (Fsp3) is 0.333. The topological polar surface area (TPSA) is 0 Å². The molecule has 0 saturated heterocycles. The van der Waals surface area contributed by atoms with Crippen LogP contribution in [0, 0.1) is 0 Å². The molecule has 0 aromatic rings. The first-order valence-electron chi connectivity index (χ1n) is 2.40. The third-order valence-corrected chi connectivity index (χ3v) is 0.880. The van der Waals surface area contributed by atoms with Gasteiger partial charge in [-0.25, -0.2) is 0 Å². The predicted molar refractivity (Wildman–Crippen MR) is 28.6 cm³/mol. The molecule has 0 aliphatic carbocycles. The van der Waals surface area contributed by atoms with Gasteiger partial charge in [-0.2, -0.15) is 0 Å². The summed E-state index contributed by atoms with van der Waals surface area (Å²) < 4.78 is 2.02. The van der Waals surface area contributed by atoms with Crippen LogP contribution in [-0.2, 0) is 20.4 Å². The van der Waals surface area contributed by atoms with Gasteiger partial charge >= 0.3 is 56.4 Å². The molecule has 0 N–H and O–H groups in total. The summed E-state index contributed by atoms with van der Waals surface area (Å²) in [5, 5.41) is 0. The van der Waals surface area contributed by atoms with Crippen LogP contribution in [0.5, 0.6) is 0 Å². The molecule has 0 aliphatic rings. The van der Waals surface area contributed by atoms with Gasteiger partial charge in [0.2, 0.25) is 0 Å². The van der Waals surface area contributed by atoms with Gasteiger partial charge in [0.15, 0.2) is 0 Å². The number of rotatable bonds is 2. The Hall–Kier alpha value is 0.194. The van der Waals surface area contributed by atoms with Crippen LogP contribution in [0.15, 0.2) is 22.6 Å². The van der Waals surface area contributed by atoms with E-state index < -0.39 is 0 Å². The van der Waals surface area contributed by atoms with Crippen LogP contribution in [-0.4, -0.2) is 0 Å². The van der Waals surface area contributed by atoms with Gasteiger partial charge < -0.3 is 0 Å². The second-order valence-corrected chi connectivity index (χ2v) is 1.72. The van der Waals surface area contributed by atoms with Gasteiger partial charge in [0.25, 0.3) is 0 Å². The normalized spacial score (nSPS) is 11.4. The van der Waals surface area contributed by atoms with E-state index in [1.165, 1.54) is 0 Å². The average molecular weight is 129 g/mol. The van der Waals surface area contributed by atoms with Crippen molar-refractivity contribution in [2.75, 3.05) is 0 Å². The van der Waals surface area contributed by atoms with E-state index in [1.807, 2.05) is 30.9 Å². The molecular weight excluding hydrogens is 120 g/mol. The van der Waals surface area contributed by atoms with Crippen LogP contribution >= 0.6 is 0 Å². The molecule has 1 heteroatoms. The Balaban J connectivity index is 3.09. The van der Waals surface area contributed by atoms with E-state index in [0.29, 0.717) is 0 Å². The van der Waals surface area contributed by atoms with Crippen molar-refractivity contribution in [3.05, 3.63) is 22.6 Å². The van der Waals surface area contributed by atoms with Gasteiger partial charge in [-0.05, 0) is 0 Å². The first-order valence-corrected chi connectivity index (χ1v) is 3.31.